The molecule has 2 aromatic carbocycles. The Labute approximate surface area is 160 Å². The van der Waals surface area contributed by atoms with Crippen molar-refractivity contribution < 1.29 is 41.9 Å². The van der Waals surface area contributed by atoms with Gasteiger partial charge in [-0.1, -0.05) is 42.5 Å². The number of quaternary nitrogens is 1. The number of hydrogen-bond donors (Lipinski definition) is 0. The van der Waals surface area contributed by atoms with Gasteiger partial charge in [0.25, 0.3) is 0 Å². The summed E-state index contributed by atoms with van der Waals surface area (Å²) in [4.78, 5) is 0. The molecule has 3 heteroatoms. The van der Waals surface area contributed by atoms with E-state index in [0.717, 1.165) is 10.2 Å². The third kappa shape index (κ3) is 4.19. The maximum absolute atomic E-state index is 5.36. The molecule has 0 spiro atoms. The molecular weight excluding hydrogens is 347 g/mol. The Balaban J connectivity index is 0.00000242. The van der Waals surface area contributed by atoms with Gasteiger partial charge in [0.05, 0.1) is 21.2 Å². The van der Waals surface area contributed by atoms with E-state index in [4.69, 9.17) is 4.74 Å². The van der Waals surface area contributed by atoms with Gasteiger partial charge in [0.1, 0.15) is 17.8 Å². The summed E-state index contributed by atoms with van der Waals surface area (Å²) in [7, 11) is 6.31. The molecule has 0 bridgehead atoms. The Morgan fingerprint density at radius 1 is 0.818 bits per heavy atom. The molecule has 0 fully saturated rings. The first kappa shape index (κ1) is 19.4. The first-order chi connectivity index (χ1) is 9.96. The second kappa shape index (κ2) is 8.24. The Bertz CT molecular complexity index is 583. The second-order valence-electron chi connectivity index (χ2n) is 6.17. The molecule has 22 heavy (non-hydrogen) atoms. The van der Waals surface area contributed by atoms with E-state index in [1.54, 1.807) is 7.11 Å². The van der Waals surface area contributed by atoms with Crippen LogP contribution in [0.4, 0.5) is 0 Å². The van der Waals surface area contributed by atoms with Crippen LogP contribution in [0.2, 0.25) is 0 Å². The SMILES string of the molecule is COc1cccc([C@H](C)[N+](C)(C)[C@@H](C)c2ccccc2)c1.[Y]. The smallest absolute Gasteiger partial charge is 0.119 e. The van der Waals surface area contributed by atoms with Crippen molar-refractivity contribution in [2.75, 3.05) is 21.2 Å². The van der Waals surface area contributed by atoms with Gasteiger partial charge in [-0.2, -0.15) is 0 Å². The molecule has 2 nitrogen and oxygen atoms in total. The van der Waals surface area contributed by atoms with Crippen molar-refractivity contribution in [3.63, 3.8) is 0 Å². The van der Waals surface area contributed by atoms with Crippen molar-refractivity contribution >= 4 is 0 Å². The number of methoxy groups -OCH3 is 1. The minimum absolute atomic E-state index is 0. The summed E-state index contributed by atoms with van der Waals surface area (Å²) in [5.41, 5.74) is 2.68. The van der Waals surface area contributed by atoms with Gasteiger partial charge in [-0.25, -0.2) is 0 Å². The number of benzene rings is 2. The van der Waals surface area contributed by atoms with Gasteiger partial charge in [0.15, 0.2) is 0 Å². The maximum atomic E-state index is 5.36. The van der Waals surface area contributed by atoms with Crippen molar-refractivity contribution in [2.24, 2.45) is 0 Å². The normalized spacial score (nSPS) is 13.9. The van der Waals surface area contributed by atoms with Gasteiger partial charge in [0.2, 0.25) is 0 Å². The standard InChI is InChI=1S/C19H26NO.Y/c1-15(17-10-7-6-8-11-17)20(3,4)16(2)18-12-9-13-19(14-18)21-5;/h6-16H,1-5H3;/q+1;/t15-,16-;/m0./s1. The maximum Gasteiger partial charge on any atom is 0.119 e. The molecule has 115 valence electrons. The molecule has 1 radical (unpaired) electrons. The van der Waals surface area contributed by atoms with Crippen LogP contribution < -0.4 is 4.74 Å². The fraction of sp³-hybridized carbons (Fsp3) is 0.368. The minimum atomic E-state index is 0. The first-order valence-corrected chi connectivity index (χ1v) is 7.49. The van der Waals surface area contributed by atoms with Crippen LogP contribution in [0.5, 0.6) is 5.75 Å². The third-order valence-electron chi connectivity index (χ3n) is 4.85. The summed E-state index contributed by atoms with van der Waals surface area (Å²) in [5.74, 6) is 0.923. The van der Waals surface area contributed by atoms with E-state index in [9.17, 15) is 0 Å². The van der Waals surface area contributed by atoms with E-state index in [0.29, 0.717) is 12.1 Å². The van der Waals surface area contributed by atoms with Crippen LogP contribution in [0.1, 0.15) is 37.1 Å². The molecule has 2 rings (SSSR count). The predicted molar refractivity (Wildman–Crippen MR) is 88.4 cm³/mol. The van der Waals surface area contributed by atoms with Crippen LogP contribution in [0.3, 0.4) is 0 Å². The van der Waals surface area contributed by atoms with Gasteiger partial charge < -0.3 is 9.22 Å². The van der Waals surface area contributed by atoms with Gasteiger partial charge >= 0.3 is 0 Å². The van der Waals surface area contributed by atoms with Crippen LogP contribution in [-0.2, 0) is 32.7 Å². The van der Waals surface area contributed by atoms with Crippen molar-refractivity contribution in [1.29, 1.82) is 0 Å². The molecular formula is C19H26NOY+. The van der Waals surface area contributed by atoms with Crippen LogP contribution in [0, 0.1) is 0 Å². The number of rotatable bonds is 5. The molecule has 0 saturated heterocycles. The van der Waals surface area contributed by atoms with E-state index < -0.39 is 0 Å². The molecule has 0 N–H and O–H groups in total. The number of ether oxygens (including phenoxy) is 1. The Kier molecular flexibility index (Phi) is 7.25. The molecule has 0 unspecified atom stereocenters. The van der Waals surface area contributed by atoms with Gasteiger partial charge in [-0.15, -0.1) is 0 Å². The van der Waals surface area contributed by atoms with Crippen molar-refractivity contribution in [3.8, 4) is 5.75 Å². The third-order valence-corrected chi connectivity index (χ3v) is 4.85. The van der Waals surface area contributed by atoms with Gasteiger partial charge in [0, 0.05) is 43.8 Å². The summed E-state index contributed by atoms with van der Waals surface area (Å²) in [6.45, 7) is 4.58. The average Bonchev–Trinajstić information content (AvgIpc) is 2.54. The number of nitrogens with zero attached hydrogens (tertiary/aromatic N) is 1. The quantitative estimate of drug-likeness (QED) is 0.697. The summed E-state index contributed by atoms with van der Waals surface area (Å²) in [6, 6.07) is 19.9. The van der Waals surface area contributed by atoms with Crippen LogP contribution in [0.15, 0.2) is 54.6 Å². The zero-order valence-electron chi connectivity index (χ0n) is 14.3. The largest absolute Gasteiger partial charge is 0.497 e. The van der Waals surface area contributed by atoms with Crippen LogP contribution in [-0.4, -0.2) is 25.7 Å². The Hall–Kier alpha value is -0.696. The molecule has 0 heterocycles. The van der Waals surface area contributed by atoms with Crippen molar-refractivity contribution in [2.45, 2.75) is 25.9 Å². The van der Waals surface area contributed by atoms with Crippen LogP contribution >= 0.6 is 0 Å². The average molecular weight is 373 g/mol. The summed E-state index contributed by atoms with van der Waals surface area (Å²) >= 11 is 0. The zero-order chi connectivity index (χ0) is 15.5. The topological polar surface area (TPSA) is 9.23 Å². The predicted octanol–water partition coefficient (Wildman–Crippen LogP) is 4.59. The fourth-order valence-electron chi connectivity index (χ4n) is 2.74. The van der Waals surface area contributed by atoms with Crippen molar-refractivity contribution in [1.82, 2.24) is 0 Å². The minimum Gasteiger partial charge on any atom is -0.497 e. The first-order valence-electron chi connectivity index (χ1n) is 7.49. The van der Waals surface area contributed by atoms with Crippen molar-refractivity contribution in [3.05, 3.63) is 65.7 Å². The molecule has 0 saturated carbocycles. The van der Waals surface area contributed by atoms with E-state index >= 15 is 0 Å². The molecule has 0 aliphatic rings. The molecule has 2 aromatic rings. The van der Waals surface area contributed by atoms with E-state index in [-0.39, 0.29) is 32.7 Å². The fourth-order valence-corrected chi connectivity index (χ4v) is 2.74. The molecule has 2 atom stereocenters. The van der Waals surface area contributed by atoms with Crippen LogP contribution in [0.25, 0.3) is 0 Å². The molecule has 0 amide bonds. The van der Waals surface area contributed by atoms with E-state index in [1.807, 2.05) is 6.07 Å². The van der Waals surface area contributed by atoms with E-state index in [1.165, 1.54) is 11.1 Å². The second-order valence-corrected chi connectivity index (χ2v) is 6.17. The molecule has 0 aliphatic heterocycles. The van der Waals surface area contributed by atoms with Gasteiger partial charge in [-0.3, -0.25) is 0 Å². The summed E-state index contributed by atoms with van der Waals surface area (Å²) < 4.78 is 6.26. The van der Waals surface area contributed by atoms with Gasteiger partial charge in [-0.05, 0) is 26.0 Å². The summed E-state index contributed by atoms with van der Waals surface area (Å²) in [5, 5.41) is 0. The monoisotopic (exact) mass is 373 g/mol. The molecule has 0 aromatic heterocycles. The summed E-state index contributed by atoms with van der Waals surface area (Å²) in [6.07, 6.45) is 0. The Morgan fingerprint density at radius 3 is 1.95 bits per heavy atom. The van der Waals surface area contributed by atoms with E-state index in [2.05, 4.69) is 76.5 Å². The zero-order valence-corrected chi connectivity index (χ0v) is 17.1. The molecule has 0 aliphatic carbocycles. The Morgan fingerprint density at radius 2 is 1.36 bits per heavy atom. The number of hydrogen-bond acceptors (Lipinski definition) is 1.